The van der Waals surface area contributed by atoms with Crippen molar-refractivity contribution >= 4 is 18.3 Å². The van der Waals surface area contributed by atoms with Crippen molar-refractivity contribution in [3.05, 3.63) is 71.8 Å². The fraction of sp³-hybridized carbons (Fsp3) is 0.286. The SMILES string of the molecule is O=C(O)OCc1ccccc1.O=C(OCc1ccccc1)OCC1CC(O)C(=O)O1. The van der Waals surface area contributed by atoms with Gasteiger partial charge in [-0.3, -0.25) is 0 Å². The van der Waals surface area contributed by atoms with Crippen LogP contribution in [0.15, 0.2) is 60.7 Å². The van der Waals surface area contributed by atoms with E-state index >= 15 is 0 Å². The second-order valence-corrected chi connectivity index (χ2v) is 6.19. The Bertz CT molecular complexity index is 808. The van der Waals surface area contributed by atoms with Crippen molar-refractivity contribution in [2.75, 3.05) is 6.61 Å². The van der Waals surface area contributed by atoms with Crippen LogP contribution in [0.5, 0.6) is 0 Å². The first-order valence-electron chi connectivity index (χ1n) is 9.05. The van der Waals surface area contributed by atoms with Gasteiger partial charge in [0.15, 0.2) is 6.10 Å². The molecular weight excluding hydrogens is 396 g/mol. The van der Waals surface area contributed by atoms with Crippen LogP contribution in [-0.2, 0) is 37.0 Å². The summed E-state index contributed by atoms with van der Waals surface area (Å²) in [5, 5.41) is 17.3. The fourth-order valence-corrected chi connectivity index (χ4v) is 2.38. The Morgan fingerprint density at radius 1 is 0.900 bits per heavy atom. The molecule has 0 bridgehead atoms. The van der Waals surface area contributed by atoms with Crippen LogP contribution >= 0.6 is 0 Å². The average Bonchev–Trinajstić information content (AvgIpc) is 3.08. The smallest absolute Gasteiger partial charge is 0.457 e. The zero-order valence-electron chi connectivity index (χ0n) is 16.0. The number of esters is 1. The van der Waals surface area contributed by atoms with E-state index in [0.717, 1.165) is 11.1 Å². The van der Waals surface area contributed by atoms with Crippen molar-refractivity contribution in [3.63, 3.8) is 0 Å². The Morgan fingerprint density at radius 2 is 1.43 bits per heavy atom. The molecule has 9 nitrogen and oxygen atoms in total. The minimum Gasteiger partial charge on any atom is -0.457 e. The highest BCUT2D eigenvalue weighted by Crippen LogP contribution is 2.15. The molecule has 1 saturated heterocycles. The van der Waals surface area contributed by atoms with Crippen LogP contribution in [0.1, 0.15) is 17.5 Å². The highest BCUT2D eigenvalue weighted by atomic mass is 16.7. The summed E-state index contributed by atoms with van der Waals surface area (Å²) in [7, 11) is 0. The summed E-state index contributed by atoms with van der Waals surface area (Å²) in [5.74, 6) is -0.689. The van der Waals surface area contributed by atoms with Gasteiger partial charge in [0.25, 0.3) is 0 Å². The first-order valence-corrected chi connectivity index (χ1v) is 9.05. The molecule has 1 aliphatic heterocycles. The fourth-order valence-electron chi connectivity index (χ4n) is 2.38. The molecule has 2 aromatic rings. The molecule has 9 heteroatoms. The van der Waals surface area contributed by atoms with E-state index < -0.39 is 30.5 Å². The number of hydrogen-bond donors (Lipinski definition) is 2. The third kappa shape index (κ3) is 8.61. The molecule has 0 saturated carbocycles. The number of aliphatic hydroxyl groups is 1. The van der Waals surface area contributed by atoms with E-state index in [4.69, 9.17) is 24.4 Å². The predicted octanol–water partition coefficient (Wildman–Crippen LogP) is 2.90. The normalized spacial score (nSPS) is 17.2. The van der Waals surface area contributed by atoms with Gasteiger partial charge in [-0.25, -0.2) is 14.4 Å². The van der Waals surface area contributed by atoms with Crippen LogP contribution < -0.4 is 0 Å². The summed E-state index contributed by atoms with van der Waals surface area (Å²) in [6.45, 7) is 0.124. The summed E-state index contributed by atoms with van der Waals surface area (Å²) >= 11 is 0. The monoisotopic (exact) mass is 418 g/mol. The molecule has 0 aliphatic carbocycles. The molecule has 1 aliphatic rings. The lowest BCUT2D eigenvalue weighted by atomic mass is 10.2. The zero-order valence-corrected chi connectivity index (χ0v) is 16.0. The lowest BCUT2D eigenvalue weighted by molar-refractivity contribution is -0.148. The Hall–Kier alpha value is -3.59. The van der Waals surface area contributed by atoms with Crippen LogP contribution in [-0.4, -0.2) is 47.3 Å². The van der Waals surface area contributed by atoms with E-state index in [1.807, 2.05) is 60.7 Å². The van der Waals surface area contributed by atoms with Crippen LogP contribution in [0.2, 0.25) is 0 Å². The molecule has 0 radical (unpaired) electrons. The van der Waals surface area contributed by atoms with Gasteiger partial charge in [-0.05, 0) is 11.1 Å². The molecule has 0 aromatic heterocycles. The number of rotatable bonds is 6. The summed E-state index contributed by atoms with van der Waals surface area (Å²) in [6.07, 6.45) is -3.68. The summed E-state index contributed by atoms with van der Waals surface area (Å²) < 4.78 is 18.8. The van der Waals surface area contributed by atoms with E-state index in [1.165, 1.54) is 0 Å². The van der Waals surface area contributed by atoms with E-state index in [-0.39, 0.29) is 26.2 Å². The van der Waals surface area contributed by atoms with Gasteiger partial charge in [0, 0.05) is 6.42 Å². The van der Waals surface area contributed by atoms with Crippen molar-refractivity contribution in [3.8, 4) is 0 Å². The lowest BCUT2D eigenvalue weighted by Crippen LogP contribution is -2.19. The highest BCUT2D eigenvalue weighted by molar-refractivity contribution is 5.76. The predicted molar refractivity (Wildman–Crippen MR) is 102 cm³/mol. The molecule has 1 fully saturated rings. The average molecular weight is 418 g/mol. The van der Waals surface area contributed by atoms with E-state index in [0.29, 0.717) is 0 Å². The maximum atomic E-state index is 11.3. The summed E-state index contributed by atoms with van der Waals surface area (Å²) in [5.41, 5.74) is 1.71. The molecular formula is C21H22O9. The molecule has 160 valence electrons. The minimum atomic E-state index is -1.24. The minimum absolute atomic E-state index is 0.115. The number of aliphatic hydroxyl groups excluding tert-OH is 1. The van der Waals surface area contributed by atoms with Crippen molar-refractivity contribution in [2.24, 2.45) is 0 Å². The van der Waals surface area contributed by atoms with Gasteiger partial charge in [-0.15, -0.1) is 0 Å². The second-order valence-electron chi connectivity index (χ2n) is 6.19. The van der Waals surface area contributed by atoms with Crippen LogP contribution in [0, 0.1) is 0 Å². The largest absolute Gasteiger partial charge is 0.508 e. The van der Waals surface area contributed by atoms with Crippen molar-refractivity contribution in [2.45, 2.75) is 31.8 Å². The number of benzene rings is 2. The Kier molecular flexibility index (Phi) is 9.14. The third-order valence-electron chi connectivity index (χ3n) is 3.83. The second kappa shape index (κ2) is 12.1. The molecule has 2 N–H and O–H groups in total. The van der Waals surface area contributed by atoms with Gasteiger partial charge in [0.1, 0.15) is 25.9 Å². The first-order chi connectivity index (χ1) is 14.4. The van der Waals surface area contributed by atoms with Crippen molar-refractivity contribution in [1.29, 1.82) is 0 Å². The quantitative estimate of drug-likeness (QED) is 0.537. The molecule has 2 atom stereocenters. The molecule has 2 aromatic carbocycles. The van der Waals surface area contributed by atoms with Crippen LogP contribution in [0.4, 0.5) is 9.59 Å². The highest BCUT2D eigenvalue weighted by Gasteiger charge is 2.33. The van der Waals surface area contributed by atoms with E-state index in [1.54, 1.807) is 0 Å². The maximum Gasteiger partial charge on any atom is 0.508 e. The number of carboxylic acid groups (broad SMARTS) is 1. The number of hydrogen-bond acceptors (Lipinski definition) is 8. The number of ether oxygens (including phenoxy) is 4. The summed E-state index contributed by atoms with van der Waals surface area (Å²) in [6, 6.07) is 18.3. The molecule has 2 unspecified atom stereocenters. The topological polar surface area (TPSA) is 129 Å². The first kappa shape index (κ1) is 22.7. The third-order valence-corrected chi connectivity index (χ3v) is 3.83. The zero-order chi connectivity index (χ0) is 21.8. The molecule has 30 heavy (non-hydrogen) atoms. The van der Waals surface area contributed by atoms with E-state index in [9.17, 15) is 14.4 Å². The van der Waals surface area contributed by atoms with Crippen molar-refractivity contribution in [1.82, 2.24) is 0 Å². The van der Waals surface area contributed by atoms with Crippen LogP contribution in [0.25, 0.3) is 0 Å². The van der Waals surface area contributed by atoms with Gasteiger partial charge in [0.2, 0.25) is 0 Å². The maximum absolute atomic E-state index is 11.3. The number of carbonyl (C=O) groups is 3. The molecule has 3 rings (SSSR count). The van der Waals surface area contributed by atoms with Gasteiger partial charge < -0.3 is 29.2 Å². The Morgan fingerprint density at radius 3 is 1.90 bits per heavy atom. The molecule has 0 amide bonds. The lowest BCUT2D eigenvalue weighted by Gasteiger charge is -2.10. The number of cyclic esters (lactones) is 1. The van der Waals surface area contributed by atoms with E-state index in [2.05, 4.69) is 4.74 Å². The molecule has 0 spiro atoms. The standard InChI is InChI=1S/C13H14O6.C8H8O3/c14-11-6-10(19-12(11)15)8-18-13(16)17-7-9-4-2-1-3-5-9;9-8(10)11-6-7-4-2-1-3-5-7/h1-5,10-11,14H,6-8H2;1-5H,6H2,(H,9,10). The van der Waals surface area contributed by atoms with Gasteiger partial charge in [-0.2, -0.15) is 0 Å². The number of carbonyl (C=O) groups excluding carboxylic acids is 2. The Balaban J connectivity index is 0.000000248. The van der Waals surface area contributed by atoms with Gasteiger partial charge >= 0.3 is 18.3 Å². The van der Waals surface area contributed by atoms with Crippen LogP contribution in [0.3, 0.4) is 0 Å². The van der Waals surface area contributed by atoms with Crippen molar-refractivity contribution < 1.29 is 43.5 Å². The van der Waals surface area contributed by atoms with Gasteiger partial charge in [-0.1, -0.05) is 60.7 Å². The Labute approximate surface area is 172 Å². The van der Waals surface area contributed by atoms with Gasteiger partial charge in [0.05, 0.1) is 0 Å². The molecule has 1 heterocycles. The summed E-state index contributed by atoms with van der Waals surface area (Å²) in [4.78, 5) is 32.1.